The molecule has 8 heteroatoms. The summed E-state index contributed by atoms with van der Waals surface area (Å²) < 4.78 is 15.4. The predicted octanol–water partition coefficient (Wildman–Crippen LogP) is 1.22. The Labute approximate surface area is 165 Å². The fourth-order valence-corrected chi connectivity index (χ4v) is 3.60. The molecule has 0 spiro atoms. The number of anilines is 2. The summed E-state index contributed by atoms with van der Waals surface area (Å²) >= 11 is 0. The second kappa shape index (κ2) is 9.07. The van der Waals surface area contributed by atoms with Crippen molar-refractivity contribution in [1.29, 1.82) is 0 Å². The lowest BCUT2D eigenvalue weighted by Crippen LogP contribution is -2.47. The van der Waals surface area contributed by atoms with Crippen molar-refractivity contribution in [3.8, 4) is 0 Å². The highest BCUT2D eigenvalue weighted by Gasteiger charge is 2.34. The molecule has 0 bridgehead atoms. The number of hydrogen-bond acceptors (Lipinski definition) is 8. The minimum atomic E-state index is -0.598. The predicted molar refractivity (Wildman–Crippen MR) is 105 cm³/mol. The third-order valence-electron chi connectivity index (χ3n) is 5.17. The summed E-state index contributed by atoms with van der Waals surface area (Å²) in [4.78, 5) is 31.2. The lowest BCUT2D eigenvalue weighted by atomic mass is 10.1. The zero-order valence-corrected chi connectivity index (χ0v) is 16.6. The first-order valence-corrected chi connectivity index (χ1v) is 9.42. The second-order valence-electron chi connectivity index (χ2n) is 6.63. The number of benzene rings is 1. The summed E-state index contributed by atoms with van der Waals surface area (Å²) in [6, 6.07) is 7.83. The maximum Gasteiger partial charge on any atom is 0.355 e. The van der Waals surface area contributed by atoms with Crippen LogP contribution in [0.15, 0.2) is 35.5 Å². The number of carbonyl (C=O) groups excluding carboxylic acids is 2. The van der Waals surface area contributed by atoms with Crippen molar-refractivity contribution in [2.75, 3.05) is 70.1 Å². The average molecular weight is 389 g/mol. The van der Waals surface area contributed by atoms with E-state index in [2.05, 4.69) is 16.7 Å². The van der Waals surface area contributed by atoms with Crippen LogP contribution in [-0.2, 0) is 23.8 Å². The van der Waals surface area contributed by atoms with Crippen LogP contribution >= 0.6 is 0 Å². The van der Waals surface area contributed by atoms with Gasteiger partial charge in [-0.3, -0.25) is 0 Å². The van der Waals surface area contributed by atoms with Gasteiger partial charge in [0.05, 0.1) is 37.8 Å². The van der Waals surface area contributed by atoms with Gasteiger partial charge in [0.2, 0.25) is 0 Å². The van der Waals surface area contributed by atoms with Crippen molar-refractivity contribution >= 4 is 23.3 Å². The van der Waals surface area contributed by atoms with E-state index in [-0.39, 0.29) is 24.6 Å². The molecule has 2 heterocycles. The van der Waals surface area contributed by atoms with Gasteiger partial charge < -0.3 is 28.9 Å². The quantitative estimate of drug-likeness (QED) is 0.697. The summed E-state index contributed by atoms with van der Waals surface area (Å²) in [6.45, 7) is 7.09. The summed E-state index contributed by atoms with van der Waals surface area (Å²) in [6.07, 6.45) is 0. The van der Waals surface area contributed by atoms with Gasteiger partial charge in [0.25, 0.3) is 0 Å². The molecule has 1 fully saturated rings. The Morgan fingerprint density at radius 2 is 1.64 bits per heavy atom. The third kappa shape index (κ3) is 3.98. The topological polar surface area (TPSA) is 71.5 Å². The number of carbonyl (C=O) groups is 2. The number of esters is 2. The molecule has 8 nitrogen and oxygen atoms in total. The molecule has 0 aromatic heterocycles. The van der Waals surface area contributed by atoms with Gasteiger partial charge in [-0.2, -0.15) is 0 Å². The molecule has 0 aliphatic carbocycles. The molecule has 1 saturated heterocycles. The van der Waals surface area contributed by atoms with Crippen LogP contribution in [0, 0.1) is 0 Å². The highest BCUT2D eigenvalue weighted by molar-refractivity contribution is 6.04. The Morgan fingerprint density at radius 3 is 2.25 bits per heavy atom. The SMILES string of the molecule is CCN1CCN(c2ccccc2N2COCC(C(=O)OC)=C2C(=O)OC)CC1. The van der Waals surface area contributed by atoms with E-state index in [9.17, 15) is 9.59 Å². The Balaban J connectivity index is 2.00. The van der Waals surface area contributed by atoms with Crippen LogP contribution in [-0.4, -0.2) is 77.1 Å². The lowest BCUT2D eigenvalue weighted by molar-refractivity contribution is -0.140. The summed E-state index contributed by atoms with van der Waals surface area (Å²) in [5.41, 5.74) is 2.12. The zero-order chi connectivity index (χ0) is 20.1. The average Bonchev–Trinajstić information content (AvgIpc) is 2.77. The van der Waals surface area contributed by atoms with Crippen LogP contribution in [0.2, 0.25) is 0 Å². The van der Waals surface area contributed by atoms with Crippen molar-refractivity contribution in [3.63, 3.8) is 0 Å². The van der Waals surface area contributed by atoms with Crippen molar-refractivity contribution in [2.45, 2.75) is 6.92 Å². The highest BCUT2D eigenvalue weighted by Crippen LogP contribution is 2.35. The molecule has 2 aliphatic heterocycles. The lowest BCUT2D eigenvalue weighted by Gasteiger charge is -2.39. The van der Waals surface area contributed by atoms with Crippen molar-refractivity contribution in [3.05, 3.63) is 35.5 Å². The van der Waals surface area contributed by atoms with Crippen molar-refractivity contribution in [1.82, 2.24) is 4.90 Å². The molecule has 2 aliphatic rings. The first-order valence-electron chi connectivity index (χ1n) is 9.42. The van der Waals surface area contributed by atoms with Gasteiger partial charge in [-0.05, 0) is 18.7 Å². The Morgan fingerprint density at radius 1 is 1.00 bits per heavy atom. The first kappa shape index (κ1) is 20.2. The molecular weight excluding hydrogens is 362 g/mol. The minimum absolute atomic E-state index is 0.00491. The number of para-hydroxylation sites is 2. The molecular formula is C20H27N3O5. The van der Waals surface area contributed by atoms with E-state index >= 15 is 0 Å². The Kier molecular flexibility index (Phi) is 6.53. The maximum absolute atomic E-state index is 12.5. The Bertz CT molecular complexity index is 756. The van der Waals surface area contributed by atoms with Crippen molar-refractivity contribution in [2.24, 2.45) is 0 Å². The summed E-state index contributed by atoms with van der Waals surface area (Å²) in [5.74, 6) is -1.19. The van der Waals surface area contributed by atoms with Crippen LogP contribution < -0.4 is 9.80 Å². The van der Waals surface area contributed by atoms with Gasteiger partial charge >= 0.3 is 11.9 Å². The normalized spacial score (nSPS) is 18.2. The molecule has 0 unspecified atom stereocenters. The van der Waals surface area contributed by atoms with E-state index in [1.807, 2.05) is 24.3 Å². The van der Waals surface area contributed by atoms with Crippen LogP contribution in [0.1, 0.15) is 6.92 Å². The van der Waals surface area contributed by atoms with E-state index in [1.165, 1.54) is 14.2 Å². The van der Waals surface area contributed by atoms with Gasteiger partial charge in [-0.25, -0.2) is 9.59 Å². The fraction of sp³-hybridized carbons (Fsp3) is 0.500. The van der Waals surface area contributed by atoms with E-state index in [4.69, 9.17) is 14.2 Å². The molecule has 1 aromatic carbocycles. The smallest absolute Gasteiger partial charge is 0.355 e. The largest absolute Gasteiger partial charge is 0.466 e. The van der Waals surface area contributed by atoms with Gasteiger partial charge in [0, 0.05) is 26.2 Å². The van der Waals surface area contributed by atoms with E-state index < -0.39 is 11.9 Å². The molecule has 152 valence electrons. The molecule has 1 aromatic rings. The molecule has 0 amide bonds. The fourth-order valence-electron chi connectivity index (χ4n) is 3.60. The monoisotopic (exact) mass is 389 g/mol. The molecule has 0 atom stereocenters. The number of ether oxygens (including phenoxy) is 3. The maximum atomic E-state index is 12.5. The molecule has 3 rings (SSSR count). The minimum Gasteiger partial charge on any atom is -0.466 e. The standard InChI is InChI=1S/C20H27N3O5/c1-4-21-9-11-22(12-10-21)16-7-5-6-8-17(16)23-14-28-13-15(19(24)26-2)18(23)20(25)27-3/h5-8H,4,9-14H2,1-3H3. The number of methoxy groups -OCH3 is 2. The van der Waals surface area contributed by atoms with Crippen LogP contribution in [0.25, 0.3) is 0 Å². The van der Waals surface area contributed by atoms with E-state index in [0.717, 1.165) is 44.1 Å². The number of likely N-dealkylation sites (N-methyl/N-ethyl adjacent to an activating group) is 1. The molecule has 28 heavy (non-hydrogen) atoms. The first-order chi connectivity index (χ1) is 13.6. The van der Waals surface area contributed by atoms with Crippen LogP contribution in [0.5, 0.6) is 0 Å². The van der Waals surface area contributed by atoms with Gasteiger partial charge in [-0.15, -0.1) is 0 Å². The van der Waals surface area contributed by atoms with E-state index in [0.29, 0.717) is 0 Å². The van der Waals surface area contributed by atoms with Gasteiger partial charge in [0.1, 0.15) is 12.4 Å². The number of piperazine rings is 1. The zero-order valence-electron chi connectivity index (χ0n) is 16.6. The third-order valence-corrected chi connectivity index (χ3v) is 5.17. The molecule has 0 saturated carbocycles. The van der Waals surface area contributed by atoms with Gasteiger partial charge in [-0.1, -0.05) is 19.1 Å². The summed E-state index contributed by atoms with van der Waals surface area (Å²) in [7, 11) is 2.58. The molecule has 0 radical (unpaired) electrons. The van der Waals surface area contributed by atoms with Crippen LogP contribution in [0.3, 0.4) is 0 Å². The number of hydrogen-bond donors (Lipinski definition) is 0. The Hall–Kier alpha value is -2.58. The second-order valence-corrected chi connectivity index (χ2v) is 6.63. The van der Waals surface area contributed by atoms with E-state index in [1.54, 1.807) is 4.90 Å². The van der Waals surface area contributed by atoms with Crippen molar-refractivity contribution < 1.29 is 23.8 Å². The summed E-state index contributed by atoms with van der Waals surface area (Å²) in [5, 5.41) is 0. The highest BCUT2D eigenvalue weighted by atomic mass is 16.5. The molecule has 0 N–H and O–H groups in total. The number of rotatable bonds is 5. The number of nitrogens with zero attached hydrogens (tertiary/aromatic N) is 3. The van der Waals surface area contributed by atoms with Crippen LogP contribution in [0.4, 0.5) is 11.4 Å². The van der Waals surface area contributed by atoms with Gasteiger partial charge in [0.15, 0.2) is 0 Å².